The summed E-state index contributed by atoms with van der Waals surface area (Å²) >= 11 is 1.41. The van der Waals surface area contributed by atoms with Gasteiger partial charge in [-0.3, -0.25) is 5.32 Å². The Hall–Kier alpha value is -1.10. The number of nitrogens with zero attached hydrogens (tertiary/aromatic N) is 1. The molecule has 4 nitrogen and oxygen atoms in total. The summed E-state index contributed by atoms with van der Waals surface area (Å²) in [5, 5.41) is 5.12. The molecule has 15 heavy (non-hydrogen) atoms. The maximum absolute atomic E-state index is 11.2. The average molecular weight is 228 g/mol. The molecule has 0 aromatic carbocycles. The molecular weight excluding hydrogens is 212 g/mol. The number of ether oxygens (including phenoxy) is 1. The molecule has 0 atom stereocenters. The molecule has 0 unspecified atom stereocenters. The van der Waals surface area contributed by atoms with Crippen molar-refractivity contribution in [3.8, 4) is 0 Å². The summed E-state index contributed by atoms with van der Waals surface area (Å²) in [6, 6.07) is 0. The van der Waals surface area contributed by atoms with Crippen molar-refractivity contribution in [2.24, 2.45) is 0 Å². The summed E-state index contributed by atoms with van der Waals surface area (Å²) in [6.07, 6.45) is -0.566. The monoisotopic (exact) mass is 228 g/mol. The zero-order valence-corrected chi connectivity index (χ0v) is 10.2. The third kappa shape index (κ3) is 3.87. The first-order valence-electron chi connectivity index (χ1n) is 4.92. The summed E-state index contributed by atoms with van der Waals surface area (Å²) in [5.74, 6) is 0.373. The Balaban J connectivity index is 2.53. The van der Waals surface area contributed by atoms with Gasteiger partial charge in [0.1, 0.15) is 0 Å². The van der Waals surface area contributed by atoms with Crippen LogP contribution in [0.4, 0.5) is 9.93 Å². The number of nitrogens with one attached hydrogen (secondary N) is 1. The van der Waals surface area contributed by atoms with Crippen LogP contribution < -0.4 is 5.32 Å². The van der Waals surface area contributed by atoms with Crippen molar-refractivity contribution in [3.05, 3.63) is 11.1 Å². The van der Waals surface area contributed by atoms with Crippen molar-refractivity contribution in [1.82, 2.24) is 4.98 Å². The van der Waals surface area contributed by atoms with Gasteiger partial charge in [0.25, 0.3) is 0 Å². The van der Waals surface area contributed by atoms with Crippen molar-refractivity contribution in [1.29, 1.82) is 0 Å². The highest BCUT2D eigenvalue weighted by molar-refractivity contribution is 7.13. The van der Waals surface area contributed by atoms with E-state index in [2.05, 4.69) is 24.1 Å². The molecule has 0 spiro atoms. The zero-order valence-electron chi connectivity index (χ0n) is 9.40. The lowest BCUT2D eigenvalue weighted by Crippen LogP contribution is -2.17. The lowest BCUT2D eigenvalue weighted by molar-refractivity contribution is 0.130. The predicted molar refractivity (Wildman–Crippen MR) is 61.4 cm³/mol. The number of carbonyl (C=O) groups excluding carboxylic acids is 1. The van der Waals surface area contributed by atoms with Gasteiger partial charge in [-0.05, 0) is 19.8 Å². The normalized spacial score (nSPS) is 10.8. The van der Waals surface area contributed by atoms with Crippen molar-refractivity contribution >= 4 is 22.6 Å². The standard InChI is InChI=1S/C10H16N2O2S/c1-6(2)8-5-15-9(11-8)12-10(13)14-7(3)4/h5-7H,1-4H3,(H,11,12,13). The molecule has 0 saturated carbocycles. The number of hydrogen-bond donors (Lipinski definition) is 1. The van der Waals surface area contributed by atoms with Crippen molar-refractivity contribution in [2.45, 2.75) is 39.7 Å². The second-order valence-corrected chi connectivity index (χ2v) is 4.67. The maximum Gasteiger partial charge on any atom is 0.413 e. The van der Waals surface area contributed by atoms with E-state index >= 15 is 0 Å². The van der Waals surface area contributed by atoms with E-state index in [-0.39, 0.29) is 6.10 Å². The first kappa shape index (κ1) is 12.0. The van der Waals surface area contributed by atoms with Gasteiger partial charge in [-0.2, -0.15) is 0 Å². The van der Waals surface area contributed by atoms with E-state index < -0.39 is 6.09 Å². The number of anilines is 1. The highest BCUT2D eigenvalue weighted by atomic mass is 32.1. The molecule has 5 heteroatoms. The van der Waals surface area contributed by atoms with Crippen molar-refractivity contribution in [2.75, 3.05) is 5.32 Å². The molecule has 0 aliphatic rings. The Morgan fingerprint density at radius 2 is 2.13 bits per heavy atom. The fraction of sp³-hybridized carbons (Fsp3) is 0.600. The summed E-state index contributed by atoms with van der Waals surface area (Å²) in [6.45, 7) is 7.73. The van der Waals surface area contributed by atoms with E-state index in [0.29, 0.717) is 11.0 Å². The molecule has 1 heterocycles. The number of rotatable bonds is 3. The molecule has 1 aromatic heterocycles. The van der Waals surface area contributed by atoms with Gasteiger partial charge in [0.15, 0.2) is 5.13 Å². The van der Waals surface area contributed by atoms with E-state index in [1.165, 1.54) is 11.3 Å². The Labute approximate surface area is 93.7 Å². The van der Waals surface area contributed by atoms with Crippen LogP contribution in [0.15, 0.2) is 5.38 Å². The molecule has 1 aromatic rings. The molecule has 1 N–H and O–H groups in total. The van der Waals surface area contributed by atoms with E-state index in [4.69, 9.17) is 4.74 Å². The molecule has 1 rings (SSSR count). The lowest BCUT2D eigenvalue weighted by atomic mass is 10.2. The molecular formula is C10H16N2O2S. The van der Waals surface area contributed by atoms with Gasteiger partial charge in [0, 0.05) is 5.38 Å². The maximum atomic E-state index is 11.2. The molecule has 0 fully saturated rings. The Morgan fingerprint density at radius 3 is 2.60 bits per heavy atom. The van der Waals surface area contributed by atoms with E-state index in [1.54, 1.807) is 13.8 Å². The quantitative estimate of drug-likeness (QED) is 0.864. The number of carbonyl (C=O) groups is 1. The lowest BCUT2D eigenvalue weighted by Gasteiger charge is -2.07. The Morgan fingerprint density at radius 1 is 1.47 bits per heavy atom. The Bertz CT molecular complexity index is 334. The number of aromatic nitrogens is 1. The molecule has 0 aliphatic carbocycles. The van der Waals surface area contributed by atoms with Gasteiger partial charge in [0.2, 0.25) is 0 Å². The van der Waals surface area contributed by atoms with Crippen LogP contribution in [0.2, 0.25) is 0 Å². The van der Waals surface area contributed by atoms with Gasteiger partial charge in [-0.15, -0.1) is 11.3 Å². The number of amides is 1. The Kier molecular flexibility index (Phi) is 4.08. The van der Waals surface area contributed by atoms with Crippen molar-refractivity contribution in [3.63, 3.8) is 0 Å². The van der Waals surface area contributed by atoms with Crippen LogP contribution >= 0.6 is 11.3 Å². The number of hydrogen-bond acceptors (Lipinski definition) is 4. The number of thiazole rings is 1. The van der Waals surface area contributed by atoms with Crippen LogP contribution in [0.3, 0.4) is 0 Å². The second kappa shape index (κ2) is 5.11. The minimum atomic E-state index is -0.449. The van der Waals surface area contributed by atoms with E-state index in [9.17, 15) is 4.79 Å². The fourth-order valence-electron chi connectivity index (χ4n) is 0.940. The van der Waals surface area contributed by atoms with Crippen LogP contribution in [0, 0.1) is 0 Å². The molecule has 0 bridgehead atoms. The van der Waals surface area contributed by atoms with Crippen molar-refractivity contribution < 1.29 is 9.53 Å². The van der Waals surface area contributed by atoms with Crippen LogP contribution in [-0.2, 0) is 4.74 Å². The molecule has 0 radical (unpaired) electrons. The summed E-state index contributed by atoms with van der Waals surface area (Å²) < 4.78 is 4.94. The highest BCUT2D eigenvalue weighted by Gasteiger charge is 2.10. The summed E-state index contributed by atoms with van der Waals surface area (Å²) in [4.78, 5) is 15.5. The zero-order chi connectivity index (χ0) is 11.4. The largest absolute Gasteiger partial charge is 0.447 e. The second-order valence-electron chi connectivity index (χ2n) is 3.81. The van der Waals surface area contributed by atoms with Gasteiger partial charge >= 0.3 is 6.09 Å². The van der Waals surface area contributed by atoms with Crippen LogP contribution in [-0.4, -0.2) is 17.2 Å². The van der Waals surface area contributed by atoms with E-state index in [0.717, 1.165) is 5.69 Å². The van der Waals surface area contributed by atoms with Crippen LogP contribution in [0.1, 0.15) is 39.3 Å². The third-order valence-corrected chi connectivity index (χ3v) is 2.44. The predicted octanol–water partition coefficient (Wildman–Crippen LogP) is 3.22. The van der Waals surface area contributed by atoms with Gasteiger partial charge in [0.05, 0.1) is 11.8 Å². The van der Waals surface area contributed by atoms with Gasteiger partial charge in [-0.1, -0.05) is 13.8 Å². The third-order valence-electron chi connectivity index (χ3n) is 1.67. The van der Waals surface area contributed by atoms with Crippen LogP contribution in [0.5, 0.6) is 0 Å². The first-order valence-corrected chi connectivity index (χ1v) is 5.80. The SMILES string of the molecule is CC(C)OC(=O)Nc1nc(C(C)C)cs1. The highest BCUT2D eigenvalue weighted by Crippen LogP contribution is 2.21. The topological polar surface area (TPSA) is 51.2 Å². The minimum absolute atomic E-state index is 0.116. The van der Waals surface area contributed by atoms with Crippen LogP contribution in [0.25, 0.3) is 0 Å². The minimum Gasteiger partial charge on any atom is -0.447 e. The molecule has 0 saturated heterocycles. The average Bonchev–Trinajstić information content (AvgIpc) is 2.50. The summed E-state index contributed by atoms with van der Waals surface area (Å²) in [5.41, 5.74) is 0.986. The first-order chi connectivity index (χ1) is 6.99. The smallest absolute Gasteiger partial charge is 0.413 e. The fourth-order valence-corrected chi connectivity index (χ4v) is 1.80. The van der Waals surface area contributed by atoms with Gasteiger partial charge in [-0.25, -0.2) is 9.78 Å². The van der Waals surface area contributed by atoms with Gasteiger partial charge < -0.3 is 4.74 Å². The molecule has 1 amide bonds. The summed E-state index contributed by atoms with van der Waals surface area (Å²) in [7, 11) is 0. The van der Waals surface area contributed by atoms with E-state index in [1.807, 2.05) is 5.38 Å². The molecule has 84 valence electrons. The molecule has 0 aliphatic heterocycles.